The van der Waals surface area contributed by atoms with Crippen molar-refractivity contribution in [2.24, 2.45) is 0 Å². The highest BCUT2D eigenvalue weighted by atomic mass is 31.0. The number of rotatable bonds is 0. The van der Waals surface area contributed by atoms with Crippen molar-refractivity contribution < 1.29 is 0 Å². The third kappa shape index (κ3) is 22.8. The average molecular weight is 74.9 g/mol. The van der Waals surface area contributed by atoms with E-state index < -0.39 is 0 Å². The third-order valence-electron chi connectivity index (χ3n) is 0. The molecule has 0 saturated carbocycles. The summed E-state index contributed by atoms with van der Waals surface area (Å²) in [6.45, 7) is 4.00. The van der Waals surface area contributed by atoms with Crippen molar-refractivity contribution in [1.82, 2.24) is 0 Å². The predicted octanol–water partition coefficient (Wildman–Crippen LogP) is 0.703. The molecular formula is C2H9BP. The first-order chi connectivity index (χ1) is 1.00. The van der Waals surface area contributed by atoms with Gasteiger partial charge in [0, 0.05) is 8.41 Å². The summed E-state index contributed by atoms with van der Waals surface area (Å²) in [6, 6.07) is 0. The molecule has 0 fully saturated rings. The van der Waals surface area contributed by atoms with E-state index in [0.29, 0.717) is 0 Å². The second-order valence-electron chi connectivity index (χ2n) is 0. The van der Waals surface area contributed by atoms with Gasteiger partial charge in [0.15, 0.2) is 0 Å². The quantitative estimate of drug-likeness (QED) is 0.293. The highest BCUT2D eigenvalue weighted by molar-refractivity contribution is 6.92. The Balaban J connectivity index is -0.00000000500. The zero-order chi connectivity index (χ0) is 2.00. The zero-order valence-corrected chi connectivity index (χ0v) is 4.70. The minimum absolute atomic E-state index is 0. The molecule has 0 nitrogen and oxygen atoms in total. The van der Waals surface area contributed by atoms with E-state index in [0.717, 1.165) is 0 Å². The van der Waals surface area contributed by atoms with Gasteiger partial charge in [-0.3, -0.25) is 0 Å². The first-order valence-corrected chi connectivity index (χ1v) is 1.00. The molecule has 4 heavy (non-hydrogen) atoms. The largest absolute Gasteiger partial charge is 0.153 e. The van der Waals surface area contributed by atoms with E-state index >= 15 is 0 Å². The van der Waals surface area contributed by atoms with Crippen LogP contribution in [0.2, 0.25) is 0 Å². The van der Waals surface area contributed by atoms with Crippen molar-refractivity contribution in [2.45, 2.75) is 13.8 Å². The lowest BCUT2D eigenvalue weighted by Gasteiger charge is -1.07. The van der Waals surface area contributed by atoms with Gasteiger partial charge in [-0.25, -0.2) is 0 Å². The van der Waals surface area contributed by atoms with E-state index in [1.807, 2.05) is 13.8 Å². The van der Waals surface area contributed by atoms with Gasteiger partial charge in [0.2, 0.25) is 0 Å². The van der Waals surface area contributed by atoms with Crippen LogP contribution in [0.3, 0.4) is 0 Å². The van der Waals surface area contributed by atoms with Gasteiger partial charge in [-0.2, -0.15) is 9.90 Å². The molecule has 0 amide bonds. The lowest BCUT2D eigenvalue weighted by molar-refractivity contribution is 1.50. The van der Waals surface area contributed by atoms with Gasteiger partial charge in [-0.05, 0) is 0 Å². The Morgan fingerprint density at radius 3 is 1.00 bits per heavy atom. The summed E-state index contributed by atoms with van der Waals surface area (Å²) in [5, 5.41) is 0. The van der Waals surface area contributed by atoms with E-state index in [1.165, 1.54) is 0 Å². The molecule has 25 valence electrons. The maximum atomic E-state index is 2.00. The zero-order valence-electron chi connectivity index (χ0n) is 3.28. The Labute approximate surface area is 33.2 Å². The van der Waals surface area contributed by atoms with Gasteiger partial charge in [0.1, 0.15) is 0 Å². The molecule has 0 aromatic heterocycles. The first-order valence-electron chi connectivity index (χ1n) is 1.00. The Hall–Kier alpha value is 0.495. The normalized spacial score (nSPS) is 1.50. The van der Waals surface area contributed by atoms with E-state index in [1.54, 1.807) is 0 Å². The van der Waals surface area contributed by atoms with Crippen molar-refractivity contribution in [3.8, 4) is 0 Å². The van der Waals surface area contributed by atoms with Crippen LogP contribution in [0.15, 0.2) is 0 Å². The van der Waals surface area contributed by atoms with Gasteiger partial charge in [0.05, 0.1) is 0 Å². The lowest BCUT2D eigenvalue weighted by Crippen LogP contribution is -0.856. The highest BCUT2D eigenvalue weighted by Crippen LogP contribution is 1.14. The molecule has 0 aliphatic carbocycles. The molecule has 0 rings (SSSR count). The minimum atomic E-state index is 0. The van der Waals surface area contributed by atoms with Crippen LogP contribution in [-0.2, 0) is 0 Å². The average Bonchev–Trinajstić information content (AvgIpc) is 1.00. The molecule has 0 N–H and O–H groups in total. The second-order valence-corrected chi connectivity index (χ2v) is 0. The number of hydrogen-bond donors (Lipinski definition) is 0. The molecule has 0 aliphatic rings. The Bertz CT molecular complexity index is 6.00. The summed E-state index contributed by atoms with van der Waals surface area (Å²) in [7, 11) is 0. The molecule has 0 heterocycles. The van der Waals surface area contributed by atoms with Crippen molar-refractivity contribution in [3.05, 3.63) is 0 Å². The molecule has 0 aromatic carbocycles. The fourth-order valence-electron chi connectivity index (χ4n) is 0. The summed E-state index contributed by atoms with van der Waals surface area (Å²) in [5.41, 5.74) is 0. The van der Waals surface area contributed by atoms with E-state index in [-0.39, 0.29) is 18.3 Å². The molecule has 3 radical (unpaired) electrons. The SMILES string of the molecule is CC.P.[B]. The highest BCUT2D eigenvalue weighted by Gasteiger charge is 0.932. The van der Waals surface area contributed by atoms with Gasteiger partial charge >= 0.3 is 0 Å². The van der Waals surface area contributed by atoms with E-state index in [2.05, 4.69) is 0 Å². The molecule has 0 bridgehead atoms. The van der Waals surface area contributed by atoms with Crippen LogP contribution in [0.4, 0.5) is 0 Å². The Morgan fingerprint density at radius 2 is 1.00 bits per heavy atom. The van der Waals surface area contributed by atoms with Crippen LogP contribution in [0.5, 0.6) is 0 Å². The van der Waals surface area contributed by atoms with Gasteiger partial charge in [-0.15, -0.1) is 0 Å². The lowest BCUT2D eigenvalue weighted by atomic mass is 10.8. The predicted molar refractivity (Wildman–Crippen MR) is 28.2 cm³/mol. The fourth-order valence-corrected chi connectivity index (χ4v) is 0. The Kier molecular flexibility index (Phi) is 545. The van der Waals surface area contributed by atoms with E-state index in [9.17, 15) is 0 Å². The standard InChI is InChI=1S/C2H6.B.H3P/c1-2;;/h1-2H3;;1H3. The van der Waals surface area contributed by atoms with Crippen molar-refractivity contribution in [2.75, 3.05) is 0 Å². The monoisotopic (exact) mass is 75.1 g/mol. The van der Waals surface area contributed by atoms with Crippen molar-refractivity contribution in [3.63, 3.8) is 0 Å². The molecule has 1 atom stereocenters. The van der Waals surface area contributed by atoms with Gasteiger partial charge < -0.3 is 0 Å². The van der Waals surface area contributed by atoms with Crippen LogP contribution in [0.25, 0.3) is 0 Å². The maximum absolute atomic E-state index is 2.00. The second kappa shape index (κ2) is 88.8. The third-order valence-corrected chi connectivity index (χ3v) is 0. The van der Waals surface area contributed by atoms with Crippen LogP contribution < -0.4 is 0 Å². The summed E-state index contributed by atoms with van der Waals surface area (Å²) < 4.78 is 0. The molecule has 2 heteroatoms. The summed E-state index contributed by atoms with van der Waals surface area (Å²) in [5.74, 6) is 0. The summed E-state index contributed by atoms with van der Waals surface area (Å²) >= 11 is 0. The first kappa shape index (κ1) is 24.6. The maximum Gasteiger partial charge on any atom is 0 e. The molecular weight excluding hydrogens is 65.8 g/mol. The molecule has 0 saturated heterocycles. The molecule has 0 aromatic rings. The topological polar surface area (TPSA) is 0 Å². The summed E-state index contributed by atoms with van der Waals surface area (Å²) in [6.07, 6.45) is 0. The van der Waals surface area contributed by atoms with Crippen LogP contribution in [0, 0.1) is 0 Å². The molecule has 0 spiro atoms. The van der Waals surface area contributed by atoms with Crippen LogP contribution >= 0.6 is 9.90 Å². The van der Waals surface area contributed by atoms with Crippen LogP contribution in [-0.4, -0.2) is 8.41 Å². The minimum Gasteiger partial charge on any atom is -0.153 e. The van der Waals surface area contributed by atoms with Gasteiger partial charge in [0.25, 0.3) is 0 Å². The summed E-state index contributed by atoms with van der Waals surface area (Å²) in [4.78, 5) is 0. The van der Waals surface area contributed by atoms with Gasteiger partial charge in [-0.1, -0.05) is 13.8 Å². The fraction of sp³-hybridized carbons (Fsp3) is 1.00. The molecule has 0 aliphatic heterocycles. The Morgan fingerprint density at radius 1 is 1.00 bits per heavy atom. The van der Waals surface area contributed by atoms with E-state index in [4.69, 9.17) is 0 Å². The smallest absolute Gasteiger partial charge is 0 e. The van der Waals surface area contributed by atoms with Crippen molar-refractivity contribution >= 4 is 18.3 Å². The van der Waals surface area contributed by atoms with Crippen molar-refractivity contribution in [1.29, 1.82) is 0 Å². The number of hydrogen-bond acceptors (Lipinski definition) is 0. The molecule has 1 unspecified atom stereocenters. The van der Waals surface area contributed by atoms with Crippen LogP contribution in [0.1, 0.15) is 13.8 Å².